The van der Waals surface area contributed by atoms with E-state index in [4.69, 9.17) is 11.7 Å². The van der Waals surface area contributed by atoms with Gasteiger partial charge < -0.3 is 10.9 Å². The van der Waals surface area contributed by atoms with Crippen LogP contribution >= 0.6 is 0 Å². The normalized spacial score (nSPS) is 10.1. The molecule has 0 atom stereocenters. The standard InChI is InChI=1S/C9H11N5/c10-13-8-5-12-7-4-2-1-3-6(7)9(8)14-11/h1-5,13H,10-11H2,(H,12,14). The summed E-state index contributed by atoms with van der Waals surface area (Å²) in [6, 6.07) is 7.69. The lowest BCUT2D eigenvalue weighted by atomic mass is 10.2. The van der Waals surface area contributed by atoms with Crippen LogP contribution in [0.2, 0.25) is 0 Å². The van der Waals surface area contributed by atoms with Crippen molar-refractivity contribution >= 4 is 22.3 Å². The Morgan fingerprint density at radius 1 is 1.07 bits per heavy atom. The topological polar surface area (TPSA) is 89.0 Å². The number of rotatable bonds is 2. The quantitative estimate of drug-likeness (QED) is 0.414. The van der Waals surface area contributed by atoms with E-state index >= 15 is 0 Å². The summed E-state index contributed by atoms with van der Waals surface area (Å²) >= 11 is 0. The van der Waals surface area contributed by atoms with Crippen LogP contribution in [0.4, 0.5) is 11.4 Å². The van der Waals surface area contributed by atoms with Crippen LogP contribution in [0.15, 0.2) is 30.5 Å². The van der Waals surface area contributed by atoms with Gasteiger partial charge in [-0.15, -0.1) is 0 Å². The molecule has 0 aliphatic heterocycles. The molecule has 5 heteroatoms. The van der Waals surface area contributed by atoms with Crippen LogP contribution in [0.3, 0.4) is 0 Å². The SMILES string of the molecule is NNc1cnc2ccccc2c1NN. The number of nitrogens with one attached hydrogen (secondary N) is 2. The Labute approximate surface area is 81.1 Å². The summed E-state index contributed by atoms with van der Waals surface area (Å²) in [5.74, 6) is 10.8. The number of para-hydroxylation sites is 1. The van der Waals surface area contributed by atoms with Crippen molar-refractivity contribution in [3.05, 3.63) is 30.5 Å². The fourth-order valence-corrected chi connectivity index (χ4v) is 1.41. The van der Waals surface area contributed by atoms with Crippen molar-refractivity contribution in [1.29, 1.82) is 0 Å². The summed E-state index contributed by atoms with van der Waals surface area (Å²) in [5, 5.41) is 0.936. The molecule has 0 saturated carbocycles. The molecule has 0 radical (unpaired) electrons. The molecule has 1 heterocycles. The molecule has 72 valence electrons. The van der Waals surface area contributed by atoms with Crippen molar-refractivity contribution in [3.63, 3.8) is 0 Å². The second kappa shape index (κ2) is 3.49. The van der Waals surface area contributed by atoms with E-state index in [-0.39, 0.29) is 0 Å². The third kappa shape index (κ3) is 1.24. The number of hydrazine groups is 2. The number of aromatic nitrogens is 1. The summed E-state index contributed by atoms with van der Waals surface area (Å²) in [4.78, 5) is 4.22. The molecule has 2 aromatic rings. The number of fused-ring (bicyclic) bond motifs is 1. The summed E-state index contributed by atoms with van der Waals surface area (Å²) in [7, 11) is 0. The lowest BCUT2D eigenvalue weighted by Gasteiger charge is -2.10. The van der Waals surface area contributed by atoms with Crippen molar-refractivity contribution in [2.75, 3.05) is 10.9 Å². The van der Waals surface area contributed by atoms with Crippen molar-refractivity contribution in [2.45, 2.75) is 0 Å². The molecule has 0 aliphatic rings. The minimum Gasteiger partial charge on any atom is -0.322 e. The Morgan fingerprint density at radius 2 is 1.86 bits per heavy atom. The molecule has 5 nitrogen and oxygen atoms in total. The van der Waals surface area contributed by atoms with Crippen LogP contribution in [0.5, 0.6) is 0 Å². The number of benzene rings is 1. The summed E-state index contributed by atoms with van der Waals surface area (Å²) in [6.45, 7) is 0. The first-order chi connectivity index (χ1) is 6.86. The molecule has 14 heavy (non-hydrogen) atoms. The molecular formula is C9H11N5. The zero-order valence-corrected chi connectivity index (χ0v) is 7.49. The Kier molecular flexibility index (Phi) is 2.18. The van der Waals surface area contributed by atoms with Gasteiger partial charge in [-0.2, -0.15) is 0 Å². The highest BCUT2D eigenvalue weighted by molar-refractivity contribution is 5.97. The molecule has 1 aromatic heterocycles. The molecule has 0 unspecified atom stereocenters. The van der Waals surface area contributed by atoms with E-state index in [0.717, 1.165) is 16.6 Å². The van der Waals surface area contributed by atoms with Crippen LogP contribution in [-0.4, -0.2) is 4.98 Å². The molecule has 6 N–H and O–H groups in total. The molecule has 0 aliphatic carbocycles. The molecular weight excluding hydrogens is 178 g/mol. The zero-order valence-electron chi connectivity index (χ0n) is 7.49. The number of anilines is 2. The smallest absolute Gasteiger partial charge is 0.0924 e. The Morgan fingerprint density at radius 3 is 2.57 bits per heavy atom. The maximum atomic E-state index is 5.42. The van der Waals surface area contributed by atoms with Gasteiger partial charge in [0.1, 0.15) is 0 Å². The first-order valence-electron chi connectivity index (χ1n) is 4.18. The number of nitrogens with zero attached hydrogens (tertiary/aromatic N) is 1. The highest BCUT2D eigenvalue weighted by Crippen LogP contribution is 2.27. The molecule has 0 saturated heterocycles. The Bertz CT molecular complexity index is 454. The largest absolute Gasteiger partial charge is 0.322 e. The van der Waals surface area contributed by atoms with Crippen LogP contribution in [0.1, 0.15) is 0 Å². The first kappa shape index (κ1) is 8.74. The highest BCUT2D eigenvalue weighted by atomic mass is 15.3. The molecule has 2 rings (SSSR count). The van der Waals surface area contributed by atoms with Crippen LogP contribution in [-0.2, 0) is 0 Å². The van der Waals surface area contributed by atoms with Gasteiger partial charge in [0.2, 0.25) is 0 Å². The number of nitrogens with two attached hydrogens (primary N) is 2. The summed E-state index contributed by atoms with van der Waals surface area (Å²) in [5.41, 5.74) is 7.44. The minimum absolute atomic E-state index is 0.672. The monoisotopic (exact) mass is 189 g/mol. The van der Waals surface area contributed by atoms with Gasteiger partial charge in [-0.05, 0) is 6.07 Å². The third-order valence-electron chi connectivity index (χ3n) is 2.08. The zero-order chi connectivity index (χ0) is 9.97. The average Bonchev–Trinajstić information content (AvgIpc) is 2.27. The van der Waals surface area contributed by atoms with Gasteiger partial charge in [0.05, 0.1) is 23.1 Å². The molecule has 0 bridgehead atoms. The predicted octanol–water partition coefficient (Wildman–Crippen LogP) is 0.806. The van der Waals surface area contributed by atoms with Gasteiger partial charge in [0.25, 0.3) is 0 Å². The van der Waals surface area contributed by atoms with E-state index in [1.807, 2.05) is 24.3 Å². The van der Waals surface area contributed by atoms with Gasteiger partial charge in [-0.1, -0.05) is 18.2 Å². The van der Waals surface area contributed by atoms with Crippen LogP contribution in [0.25, 0.3) is 10.9 Å². The van der Waals surface area contributed by atoms with E-state index in [2.05, 4.69) is 15.8 Å². The van der Waals surface area contributed by atoms with Gasteiger partial charge in [0, 0.05) is 5.39 Å². The lowest BCUT2D eigenvalue weighted by Crippen LogP contribution is -2.14. The Hall–Kier alpha value is -1.85. The molecule has 0 fully saturated rings. The van der Waals surface area contributed by atoms with E-state index in [9.17, 15) is 0 Å². The predicted molar refractivity (Wildman–Crippen MR) is 57.4 cm³/mol. The van der Waals surface area contributed by atoms with Gasteiger partial charge in [-0.3, -0.25) is 16.7 Å². The second-order valence-electron chi connectivity index (χ2n) is 2.85. The summed E-state index contributed by atoms with van der Waals surface area (Å²) < 4.78 is 0. The third-order valence-corrected chi connectivity index (χ3v) is 2.08. The van der Waals surface area contributed by atoms with E-state index in [0.29, 0.717) is 5.69 Å². The number of hydrogen-bond acceptors (Lipinski definition) is 5. The number of nitrogen functional groups attached to an aromatic ring is 2. The number of pyridine rings is 1. The maximum Gasteiger partial charge on any atom is 0.0924 e. The molecule has 1 aromatic carbocycles. The van der Waals surface area contributed by atoms with E-state index < -0.39 is 0 Å². The summed E-state index contributed by atoms with van der Waals surface area (Å²) in [6.07, 6.45) is 1.64. The molecule has 0 spiro atoms. The van der Waals surface area contributed by atoms with E-state index in [1.54, 1.807) is 6.20 Å². The Balaban J connectivity index is 2.77. The second-order valence-corrected chi connectivity index (χ2v) is 2.85. The fraction of sp³-hybridized carbons (Fsp3) is 0. The fourth-order valence-electron chi connectivity index (χ4n) is 1.41. The number of hydrogen-bond donors (Lipinski definition) is 4. The average molecular weight is 189 g/mol. The van der Waals surface area contributed by atoms with Crippen molar-refractivity contribution in [2.24, 2.45) is 11.7 Å². The van der Waals surface area contributed by atoms with Crippen LogP contribution < -0.4 is 22.5 Å². The lowest BCUT2D eigenvalue weighted by molar-refractivity contribution is 1.28. The van der Waals surface area contributed by atoms with Crippen molar-refractivity contribution in [3.8, 4) is 0 Å². The first-order valence-corrected chi connectivity index (χ1v) is 4.18. The minimum atomic E-state index is 0.672. The molecule has 0 amide bonds. The van der Waals surface area contributed by atoms with Gasteiger partial charge >= 0.3 is 0 Å². The van der Waals surface area contributed by atoms with Crippen molar-refractivity contribution < 1.29 is 0 Å². The van der Waals surface area contributed by atoms with E-state index in [1.165, 1.54) is 0 Å². The highest BCUT2D eigenvalue weighted by Gasteiger charge is 2.05. The van der Waals surface area contributed by atoms with Gasteiger partial charge in [0.15, 0.2) is 0 Å². The van der Waals surface area contributed by atoms with Crippen molar-refractivity contribution in [1.82, 2.24) is 4.98 Å². The van der Waals surface area contributed by atoms with Gasteiger partial charge in [-0.25, -0.2) is 0 Å². The van der Waals surface area contributed by atoms with Crippen LogP contribution in [0, 0.1) is 0 Å². The maximum absolute atomic E-state index is 5.42.